The highest BCUT2D eigenvalue weighted by molar-refractivity contribution is 5.79. The van der Waals surface area contributed by atoms with Crippen LogP contribution in [0, 0.1) is 17.8 Å². The maximum absolute atomic E-state index is 12.8. The Morgan fingerprint density at radius 3 is 2.48 bits per heavy atom. The first-order valence-corrected chi connectivity index (χ1v) is 11.4. The zero-order chi connectivity index (χ0) is 20.6. The number of nitrogens with one attached hydrogen (secondary N) is 1. The highest BCUT2D eigenvalue weighted by atomic mass is 16.1. The lowest BCUT2D eigenvalue weighted by Gasteiger charge is -2.41. The Morgan fingerprint density at radius 2 is 1.79 bits per heavy atom. The Bertz CT molecular complexity index is 613. The van der Waals surface area contributed by atoms with Crippen molar-refractivity contribution in [3.05, 3.63) is 35.9 Å². The van der Waals surface area contributed by atoms with Crippen LogP contribution in [0.25, 0.3) is 0 Å². The van der Waals surface area contributed by atoms with Crippen LogP contribution in [-0.4, -0.2) is 86.6 Å². The van der Waals surface area contributed by atoms with Crippen molar-refractivity contribution in [1.29, 1.82) is 0 Å². The molecule has 0 unspecified atom stereocenters. The Hall–Kier alpha value is -1.43. The van der Waals surface area contributed by atoms with Crippen LogP contribution in [0.4, 0.5) is 0 Å². The lowest BCUT2D eigenvalue weighted by atomic mass is 9.87. The minimum atomic E-state index is 0.121. The van der Waals surface area contributed by atoms with Crippen molar-refractivity contribution >= 4 is 5.91 Å². The van der Waals surface area contributed by atoms with Crippen molar-refractivity contribution in [2.45, 2.75) is 26.7 Å². The Labute approximate surface area is 177 Å². The molecular weight excluding hydrogens is 360 g/mol. The molecule has 0 bridgehead atoms. The lowest BCUT2D eigenvalue weighted by Crippen LogP contribution is -2.52. The molecule has 0 aromatic heterocycles. The molecule has 2 heterocycles. The molecule has 2 fully saturated rings. The molecule has 1 aromatic rings. The number of hydrogen-bond acceptors (Lipinski definition) is 4. The van der Waals surface area contributed by atoms with E-state index in [0.29, 0.717) is 11.8 Å². The van der Waals surface area contributed by atoms with Gasteiger partial charge in [0.1, 0.15) is 0 Å². The van der Waals surface area contributed by atoms with Crippen molar-refractivity contribution in [3.63, 3.8) is 0 Å². The number of benzene rings is 1. The van der Waals surface area contributed by atoms with Gasteiger partial charge in [-0.1, -0.05) is 44.2 Å². The maximum atomic E-state index is 12.8. The number of likely N-dealkylation sites (tertiary alicyclic amines) is 1. The summed E-state index contributed by atoms with van der Waals surface area (Å²) in [5.74, 6) is 1.46. The van der Waals surface area contributed by atoms with Gasteiger partial charge in [0.25, 0.3) is 0 Å². The van der Waals surface area contributed by atoms with Crippen LogP contribution in [-0.2, 0) is 11.2 Å². The van der Waals surface area contributed by atoms with E-state index in [1.807, 2.05) is 0 Å². The third-order valence-corrected chi connectivity index (χ3v) is 6.34. The molecule has 1 amide bonds. The first-order valence-electron chi connectivity index (χ1n) is 11.4. The summed E-state index contributed by atoms with van der Waals surface area (Å²) in [5, 5.41) is 3.19. The second-order valence-corrected chi connectivity index (χ2v) is 9.54. The normalized spacial score (nSPS) is 24.7. The van der Waals surface area contributed by atoms with E-state index in [4.69, 9.17) is 0 Å². The lowest BCUT2D eigenvalue weighted by molar-refractivity contribution is -0.127. The molecule has 2 aliphatic rings. The van der Waals surface area contributed by atoms with Crippen LogP contribution in [0.5, 0.6) is 0 Å². The van der Waals surface area contributed by atoms with Crippen molar-refractivity contribution in [2.24, 2.45) is 17.8 Å². The third kappa shape index (κ3) is 7.40. The van der Waals surface area contributed by atoms with E-state index in [9.17, 15) is 4.79 Å². The van der Waals surface area contributed by atoms with Crippen LogP contribution in [0.2, 0.25) is 0 Å². The molecule has 162 valence electrons. The van der Waals surface area contributed by atoms with Gasteiger partial charge in [-0.3, -0.25) is 4.79 Å². The number of nitrogens with zero attached hydrogens (tertiary/aromatic N) is 3. The number of piperidine rings is 1. The average Bonchev–Trinajstić information content (AvgIpc) is 2.73. The Morgan fingerprint density at radius 1 is 1.07 bits per heavy atom. The highest BCUT2D eigenvalue weighted by Crippen LogP contribution is 2.24. The van der Waals surface area contributed by atoms with Gasteiger partial charge in [0.05, 0.1) is 5.92 Å². The largest absolute Gasteiger partial charge is 0.356 e. The van der Waals surface area contributed by atoms with E-state index in [2.05, 4.69) is 71.2 Å². The van der Waals surface area contributed by atoms with Crippen molar-refractivity contribution < 1.29 is 4.79 Å². The van der Waals surface area contributed by atoms with Gasteiger partial charge in [-0.15, -0.1) is 0 Å². The second-order valence-electron chi connectivity index (χ2n) is 9.54. The van der Waals surface area contributed by atoms with Crippen molar-refractivity contribution in [3.8, 4) is 0 Å². The number of hydrogen-bond donors (Lipinski definition) is 1. The summed E-state index contributed by atoms with van der Waals surface area (Å²) in [6, 6.07) is 10.7. The quantitative estimate of drug-likeness (QED) is 0.726. The highest BCUT2D eigenvalue weighted by Gasteiger charge is 2.32. The summed E-state index contributed by atoms with van der Waals surface area (Å²) in [6.07, 6.45) is 2.08. The van der Waals surface area contributed by atoms with Gasteiger partial charge >= 0.3 is 0 Å². The van der Waals surface area contributed by atoms with Crippen LogP contribution < -0.4 is 5.32 Å². The van der Waals surface area contributed by atoms with E-state index in [1.165, 1.54) is 5.56 Å². The predicted molar refractivity (Wildman–Crippen MR) is 120 cm³/mol. The van der Waals surface area contributed by atoms with Crippen molar-refractivity contribution in [1.82, 2.24) is 20.0 Å². The third-order valence-electron chi connectivity index (χ3n) is 6.34. The predicted octanol–water partition coefficient (Wildman–Crippen LogP) is 2.19. The minimum absolute atomic E-state index is 0.121. The summed E-state index contributed by atoms with van der Waals surface area (Å²) in [6.45, 7) is 13.9. The zero-order valence-corrected chi connectivity index (χ0v) is 18.6. The molecule has 1 aromatic carbocycles. The van der Waals surface area contributed by atoms with Crippen LogP contribution in [0.15, 0.2) is 30.3 Å². The van der Waals surface area contributed by atoms with Crippen LogP contribution >= 0.6 is 0 Å². The number of likely N-dealkylation sites (N-methyl/N-ethyl adjacent to an activating group) is 1. The molecule has 29 heavy (non-hydrogen) atoms. The smallest absolute Gasteiger partial charge is 0.224 e. The van der Waals surface area contributed by atoms with Gasteiger partial charge in [-0.2, -0.15) is 0 Å². The zero-order valence-electron chi connectivity index (χ0n) is 18.6. The molecule has 5 heteroatoms. The summed E-state index contributed by atoms with van der Waals surface area (Å²) < 4.78 is 0. The summed E-state index contributed by atoms with van der Waals surface area (Å²) in [7, 11) is 2.21. The monoisotopic (exact) mass is 400 g/mol. The van der Waals surface area contributed by atoms with E-state index >= 15 is 0 Å². The molecule has 5 nitrogen and oxygen atoms in total. The SMILES string of the molecule is CC(C)CNC(=O)[C@@H]1C[C@H](CN2CCN(C)CC2)CN(CCc2ccccc2)C1. The second kappa shape index (κ2) is 11.1. The van der Waals surface area contributed by atoms with Crippen molar-refractivity contribution in [2.75, 3.05) is 66.0 Å². The minimum Gasteiger partial charge on any atom is -0.356 e. The maximum Gasteiger partial charge on any atom is 0.224 e. The first-order chi connectivity index (χ1) is 14.0. The van der Waals surface area contributed by atoms with Crippen LogP contribution in [0.3, 0.4) is 0 Å². The summed E-state index contributed by atoms with van der Waals surface area (Å²) >= 11 is 0. The molecule has 0 aliphatic carbocycles. The number of carbonyl (C=O) groups is 1. The summed E-state index contributed by atoms with van der Waals surface area (Å²) in [4.78, 5) is 20.4. The van der Waals surface area contributed by atoms with E-state index in [0.717, 1.165) is 71.7 Å². The van der Waals surface area contributed by atoms with Gasteiger partial charge in [0.2, 0.25) is 5.91 Å². The topological polar surface area (TPSA) is 38.8 Å². The first kappa shape index (κ1) is 22.3. The van der Waals surface area contributed by atoms with E-state index in [1.54, 1.807) is 0 Å². The number of piperazine rings is 1. The fourth-order valence-electron chi connectivity index (χ4n) is 4.58. The molecule has 1 N–H and O–H groups in total. The van der Waals surface area contributed by atoms with Gasteiger partial charge in [0, 0.05) is 58.9 Å². The molecule has 0 saturated carbocycles. The fraction of sp³-hybridized carbons (Fsp3) is 0.708. The molecule has 2 aliphatic heterocycles. The molecule has 0 spiro atoms. The number of rotatable bonds is 8. The number of amides is 1. The Balaban J connectivity index is 1.58. The summed E-state index contributed by atoms with van der Waals surface area (Å²) in [5.41, 5.74) is 1.38. The molecule has 0 radical (unpaired) electrons. The number of carbonyl (C=O) groups excluding carboxylic acids is 1. The fourth-order valence-corrected chi connectivity index (χ4v) is 4.58. The van der Waals surface area contributed by atoms with E-state index < -0.39 is 0 Å². The average molecular weight is 401 g/mol. The van der Waals surface area contributed by atoms with Crippen LogP contribution in [0.1, 0.15) is 25.8 Å². The molecule has 2 atom stereocenters. The Kier molecular flexibility index (Phi) is 8.52. The molecule has 3 rings (SSSR count). The standard InChI is InChI=1S/C24H40N4O/c1-20(2)16-25-24(29)23-15-22(17-27-13-11-26(3)12-14-27)18-28(19-23)10-9-21-7-5-4-6-8-21/h4-8,20,22-23H,9-19H2,1-3H3,(H,25,29)/t22-,23-/m1/s1. The molecular formula is C24H40N4O. The van der Waals surface area contributed by atoms with Gasteiger partial charge in [0.15, 0.2) is 0 Å². The van der Waals surface area contributed by atoms with Gasteiger partial charge in [-0.05, 0) is 37.3 Å². The van der Waals surface area contributed by atoms with E-state index in [-0.39, 0.29) is 11.8 Å². The van der Waals surface area contributed by atoms with Gasteiger partial charge < -0.3 is 20.0 Å². The molecule has 2 saturated heterocycles. The van der Waals surface area contributed by atoms with Gasteiger partial charge in [-0.25, -0.2) is 0 Å².